The molecule has 1 aromatic rings. The Morgan fingerprint density at radius 2 is 1.80 bits per heavy atom. The molecule has 0 aliphatic rings. The minimum atomic E-state index is -3.33. The molecule has 0 aliphatic carbocycles. The van der Waals surface area contributed by atoms with Crippen molar-refractivity contribution >= 4 is 10.0 Å². The van der Waals surface area contributed by atoms with Crippen molar-refractivity contribution in [2.45, 2.75) is 46.0 Å². The second kappa shape index (κ2) is 6.24. The Labute approximate surface area is 123 Å². The van der Waals surface area contributed by atoms with E-state index in [0.717, 1.165) is 11.1 Å². The van der Waals surface area contributed by atoms with E-state index >= 15 is 0 Å². The van der Waals surface area contributed by atoms with E-state index in [0.29, 0.717) is 6.54 Å². The normalized spacial score (nSPS) is 14.6. The lowest BCUT2D eigenvalue weighted by Crippen LogP contribution is -2.43. The van der Waals surface area contributed by atoms with Crippen LogP contribution in [-0.4, -0.2) is 25.8 Å². The fourth-order valence-corrected chi connectivity index (χ4v) is 3.55. The SMILES string of the molecule is CC(N(C)S(=O)(=O)Cc1cccc(CN)c1)C(C)(C)C. The summed E-state index contributed by atoms with van der Waals surface area (Å²) in [5, 5.41) is 0. The maximum atomic E-state index is 12.5. The van der Waals surface area contributed by atoms with Gasteiger partial charge in [0.15, 0.2) is 0 Å². The average molecular weight is 298 g/mol. The van der Waals surface area contributed by atoms with Gasteiger partial charge in [0.25, 0.3) is 0 Å². The molecule has 2 N–H and O–H groups in total. The van der Waals surface area contributed by atoms with Crippen LogP contribution < -0.4 is 5.73 Å². The summed E-state index contributed by atoms with van der Waals surface area (Å²) in [5.74, 6) is 0.0117. The smallest absolute Gasteiger partial charge is 0.218 e. The zero-order valence-corrected chi connectivity index (χ0v) is 13.9. The fraction of sp³-hybridized carbons (Fsp3) is 0.600. The van der Waals surface area contributed by atoms with E-state index in [-0.39, 0.29) is 17.2 Å². The van der Waals surface area contributed by atoms with Crippen molar-refractivity contribution < 1.29 is 8.42 Å². The molecule has 0 aromatic heterocycles. The first-order valence-corrected chi connectivity index (χ1v) is 8.42. The van der Waals surface area contributed by atoms with E-state index in [1.54, 1.807) is 7.05 Å². The highest BCUT2D eigenvalue weighted by molar-refractivity contribution is 7.88. The third-order valence-electron chi connectivity index (χ3n) is 3.81. The molecule has 0 fully saturated rings. The van der Waals surface area contributed by atoms with E-state index in [2.05, 4.69) is 0 Å². The molecule has 0 saturated carbocycles. The minimum absolute atomic E-state index is 0.0117. The molecular weight excluding hydrogens is 272 g/mol. The lowest BCUT2D eigenvalue weighted by atomic mass is 9.88. The van der Waals surface area contributed by atoms with Gasteiger partial charge in [0.1, 0.15) is 0 Å². The van der Waals surface area contributed by atoms with Crippen molar-refractivity contribution in [1.82, 2.24) is 4.31 Å². The third kappa shape index (κ3) is 4.30. The van der Waals surface area contributed by atoms with Crippen LogP contribution in [0, 0.1) is 5.41 Å². The molecule has 0 saturated heterocycles. The summed E-state index contributed by atoms with van der Waals surface area (Å²) in [6, 6.07) is 7.36. The van der Waals surface area contributed by atoms with Crippen molar-refractivity contribution in [2.75, 3.05) is 7.05 Å². The van der Waals surface area contributed by atoms with E-state index < -0.39 is 10.0 Å². The van der Waals surface area contributed by atoms with Crippen LogP contribution in [0.2, 0.25) is 0 Å². The Bertz CT molecular complexity index is 547. The van der Waals surface area contributed by atoms with Gasteiger partial charge in [0.05, 0.1) is 5.75 Å². The third-order valence-corrected chi connectivity index (χ3v) is 5.71. The summed E-state index contributed by atoms with van der Waals surface area (Å²) < 4.78 is 26.4. The van der Waals surface area contributed by atoms with E-state index in [9.17, 15) is 8.42 Å². The first kappa shape index (κ1) is 17.1. The minimum Gasteiger partial charge on any atom is -0.326 e. The van der Waals surface area contributed by atoms with E-state index in [1.807, 2.05) is 52.0 Å². The predicted molar refractivity (Wildman–Crippen MR) is 83.6 cm³/mol. The molecule has 5 heteroatoms. The van der Waals surface area contributed by atoms with Gasteiger partial charge in [-0.3, -0.25) is 0 Å². The van der Waals surface area contributed by atoms with Gasteiger partial charge in [-0.05, 0) is 23.5 Å². The topological polar surface area (TPSA) is 63.4 Å². The fourth-order valence-electron chi connectivity index (χ4n) is 1.95. The Morgan fingerprint density at radius 3 is 2.30 bits per heavy atom. The molecule has 0 radical (unpaired) electrons. The Hall–Kier alpha value is -0.910. The van der Waals surface area contributed by atoms with Gasteiger partial charge in [-0.25, -0.2) is 12.7 Å². The van der Waals surface area contributed by atoms with Gasteiger partial charge in [0, 0.05) is 19.6 Å². The molecular formula is C15H26N2O2S. The molecule has 0 aliphatic heterocycles. The average Bonchev–Trinajstić information content (AvgIpc) is 2.35. The number of nitrogens with zero attached hydrogens (tertiary/aromatic N) is 1. The number of hydrogen-bond donors (Lipinski definition) is 1. The summed E-state index contributed by atoms with van der Waals surface area (Å²) in [5.41, 5.74) is 7.22. The van der Waals surface area contributed by atoms with Gasteiger partial charge in [-0.2, -0.15) is 0 Å². The molecule has 0 heterocycles. The highest BCUT2D eigenvalue weighted by atomic mass is 32.2. The van der Waals surface area contributed by atoms with Crippen LogP contribution in [0.3, 0.4) is 0 Å². The molecule has 0 spiro atoms. The van der Waals surface area contributed by atoms with Crippen LogP contribution in [0.5, 0.6) is 0 Å². The Morgan fingerprint density at radius 1 is 1.25 bits per heavy atom. The highest BCUT2D eigenvalue weighted by Crippen LogP contribution is 2.26. The molecule has 0 amide bonds. The maximum absolute atomic E-state index is 12.5. The molecule has 20 heavy (non-hydrogen) atoms. The molecule has 114 valence electrons. The van der Waals surface area contributed by atoms with Crippen molar-refractivity contribution in [3.63, 3.8) is 0 Å². The monoisotopic (exact) mass is 298 g/mol. The largest absolute Gasteiger partial charge is 0.326 e. The number of benzene rings is 1. The first-order valence-electron chi connectivity index (χ1n) is 6.81. The van der Waals surface area contributed by atoms with Crippen molar-refractivity contribution in [3.05, 3.63) is 35.4 Å². The predicted octanol–water partition coefficient (Wildman–Crippen LogP) is 2.34. The standard InChI is InChI=1S/C15H26N2O2S/c1-12(15(2,3)4)17(5)20(18,19)11-14-8-6-7-13(9-14)10-16/h6-9,12H,10-11,16H2,1-5H3. The quantitative estimate of drug-likeness (QED) is 0.907. The number of sulfonamides is 1. The van der Waals surface area contributed by atoms with Crippen LogP contribution in [-0.2, 0) is 22.3 Å². The zero-order valence-electron chi connectivity index (χ0n) is 13.1. The molecule has 4 nitrogen and oxygen atoms in total. The summed E-state index contributed by atoms with van der Waals surface area (Å²) >= 11 is 0. The maximum Gasteiger partial charge on any atom is 0.218 e. The van der Waals surface area contributed by atoms with Gasteiger partial charge in [-0.1, -0.05) is 45.0 Å². The second-order valence-corrected chi connectivity index (χ2v) is 8.37. The summed E-state index contributed by atoms with van der Waals surface area (Å²) in [6.07, 6.45) is 0. The lowest BCUT2D eigenvalue weighted by Gasteiger charge is -2.34. The van der Waals surface area contributed by atoms with Gasteiger partial charge >= 0.3 is 0 Å². The molecule has 1 rings (SSSR count). The van der Waals surface area contributed by atoms with Crippen molar-refractivity contribution in [1.29, 1.82) is 0 Å². The van der Waals surface area contributed by atoms with E-state index in [1.165, 1.54) is 4.31 Å². The Kier molecular flexibility index (Phi) is 5.35. The summed E-state index contributed by atoms with van der Waals surface area (Å²) in [7, 11) is -1.68. The highest BCUT2D eigenvalue weighted by Gasteiger charge is 2.31. The van der Waals surface area contributed by atoms with Crippen LogP contribution >= 0.6 is 0 Å². The molecule has 1 unspecified atom stereocenters. The van der Waals surface area contributed by atoms with Gasteiger partial charge < -0.3 is 5.73 Å². The Balaban J connectivity index is 2.94. The van der Waals surface area contributed by atoms with Gasteiger partial charge in [0.2, 0.25) is 10.0 Å². The lowest BCUT2D eigenvalue weighted by molar-refractivity contribution is 0.216. The molecule has 1 atom stereocenters. The van der Waals surface area contributed by atoms with Crippen molar-refractivity contribution in [2.24, 2.45) is 11.1 Å². The van der Waals surface area contributed by atoms with Crippen LogP contribution in [0.25, 0.3) is 0 Å². The summed E-state index contributed by atoms with van der Waals surface area (Å²) in [6.45, 7) is 8.48. The van der Waals surface area contributed by atoms with Crippen LogP contribution in [0.4, 0.5) is 0 Å². The first-order chi connectivity index (χ1) is 9.08. The number of rotatable bonds is 5. The van der Waals surface area contributed by atoms with Crippen molar-refractivity contribution in [3.8, 4) is 0 Å². The zero-order chi connectivity index (χ0) is 15.6. The van der Waals surface area contributed by atoms with Crippen LogP contribution in [0.1, 0.15) is 38.8 Å². The molecule has 0 bridgehead atoms. The van der Waals surface area contributed by atoms with Gasteiger partial charge in [-0.15, -0.1) is 0 Å². The molecule has 1 aromatic carbocycles. The number of hydrogen-bond acceptors (Lipinski definition) is 3. The van der Waals surface area contributed by atoms with Crippen LogP contribution in [0.15, 0.2) is 24.3 Å². The summed E-state index contributed by atoms with van der Waals surface area (Å²) in [4.78, 5) is 0. The van der Waals surface area contributed by atoms with E-state index in [4.69, 9.17) is 5.73 Å². The number of nitrogens with two attached hydrogens (primary N) is 1. The second-order valence-electron chi connectivity index (χ2n) is 6.34.